The number of nitrogens with one attached hydrogen (secondary N) is 1. The van der Waals surface area contributed by atoms with Gasteiger partial charge in [0, 0.05) is 11.4 Å². The molecule has 15 heavy (non-hydrogen) atoms. The van der Waals surface area contributed by atoms with Crippen LogP contribution in [0.3, 0.4) is 0 Å². The molecule has 1 aromatic rings. The quantitative estimate of drug-likeness (QED) is 0.826. The monoisotopic (exact) mass is 227 g/mol. The molecule has 0 bridgehead atoms. The number of hydrogen-bond donors (Lipinski definition) is 2. The highest BCUT2D eigenvalue weighted by Crippen LogP contribution is 2.13. The Kier molecular flexibility index (Phi) is 4.29. The minimum atomic E-state index is -0.385. The van der Waals surface area contributed by atoms with Crippen molar-refractivity contribution < 1.29 is 9.90 Å². The van der Waals surface area contributed by atoms with Crippen molar-refractivity contribution in [3.63, 3.8) is 0 Å². The Hall–Kier alpha value is -0.870. The lowest BCUT2D eigenvalue weighted by atomic mass is 10.1. The van der Waals surface area contributed by atoms with Crippen LogP contribution in [0.5, 0.6) is 0 Å². The second-order valence-electron chi connectivity index (χ2n) is 3.93. The molecule has 1 rings (SSSR count). The molecule has 0 aromatic carbocycles. The summed E-state index contributed by atoms with van der Waals surface area (Å²) in [5.74, 6) is -0.0538. The second-order valence-corrected chi connectivity index (χ2v) is 4.67. The summed E-state index contributed by atoms with van der Waals surface area (Å²) in [6, 6.07) is -0.00296. The topological polar surface area (TPSA) is 49.3 Å². The molecule has 3 nitrogen and oxygen atoms in total. The summed E-state index contributed by atoms with van der Waals surface area (Å²) in [4.78, 5) is 11.7. The zero-order valence-corrected chi connectivity index (χ0v) is 10.1. The summed E-state index contributed by atoms with van der Waals surface area (Å²) in [6.07, 6.45) is 0.193. The van der Waals surface area contributed by atoms with E-state index in [1.807, 2.05) is 24.6 Å². The summed E-state index contributed by atoms with van der Waals surface area (Å²) in [6.45, 7) is 5.54. The molecule has 0 saturated carbocycles. The van der Waals surface area contributed by atoms with Crippen LogP contribution in [0.2, 0.25) is 0 Å². The van der Waals surface area contributed by atoms with Crippen LogP contribution >= 0.6 is 11.3 Å². The fourth-order valence-corrected chi connectivity index (χ4v) is 2.29. The maximum atomic E-state index is 11.7. The van der Waals surface area contributed by atoms with E-state index in [0.717, 1.165) is 11.1 Å². The molecule has 1 amide bonds. The van der Waals surface area contributed by atoms with Gasteiger partial charge in [-0.05, 0) is 38.1 Å². The minimum Gasteiger partial charge on any atom is -0.393 e. The molecule has 0 aliphatic heterocycles. The fraction of sp³-hybridized carbons (Fsp3) is 0.545. The van der Waals surface area contributed by atoms with Crippen LogP contribution in [0.15, 0.2) is 10.8 Å². The number of carbonyl (C=O) groups excluding carboxylic acids is 1. The van der Waals surface area contributed by atoms with Crippen LogP contribution in [0.1, 0.15) is 36.2 Å². The lowest BCUT2D eigenvalue weighted by molar-refractivity contribution is 0.0923. The Balaban J connectivity index is 2.53. The average Bonchev–Trinajstić information content (AvgIpc) is 2.49. The summed E-state index contributed by atoms with van der Waals surface area (Å²) < 4.78 is 0. The van der Waals surface area contributed by atoms with E-state index in [4.69, 9.17) is 0 Å². The molecule has 0 fully saturated rings. The summed E-state index contributed by atoms with van der Waals surface area (Å²) in [7, 11) is 0. The Morgan fingerprint density at radius 1 is 1.53 bits per heavy atom. The first kappa shape index (κ1) is 12.2. The standard InChI is InChI=1S/C11H17NO2S/c1-7-5-15-6-10(7)11(14)12-8(2)4-9(3)13/h5-6,8-9,13H,4H2,1-3H3,(H,12,14). The highest BCUT2D eigenvalue weighted by molar-refractivity contribution is 7.08. The number of aliphatic hydroxyl groups is 1. The van der Waals surface area contributed by atoms with E-state index >= 15 is 0 Å². The van der Waals surface area contributed by atoms with E-state index < -0.39 is 0 Å². The molecule has 84 valence electrons. The lowest BCUT2D eigenvalue weighted by Crippen LogP contribution is -2.34. The number of aliphatic hydroxyl groups excluding tert-OH is 1. The molecule has 0 radical (unpaired) electrons. The normalized spacial score (nSPS) is 14.7. The summed E-state index contributed by atoms with van der Waals surface area (Å²) in [5, 5.41) is 15.8. The van der Waals surface area contributed by atoms with Crippen molar-refractivity contribution in [3.05, 3.63) is 21.9 Å². The lowest BCUT2D eigenvalue weighted by Gasteiger charge is -2.15. The van der Waals surface area contributed by atoms with Gasteiger partial charge in [-0.15, -0.1) is 0 Å². The van der Waals surface area contributed by atoms with Crippen LogP contribution in [-0.2, 0) is 0 Å². The van der Waals surface area contributed by atoms with E-state index in [-0.39, 0.29) is 18.1 Å². The zero-order valence-electron chi connectivity index (χ0n) is 9.28. The molecule has 0 spiro atoms. The van der Waals surface area contributed by atoms with Gasteiger partial charge in [-0.25, -0.2) is 0 Å². The van der Waals surface area contributed by atoms with Gasteiger partial charge in [-0.1, -0.05) is 0 Å². The van der Waals surface area contributed by atoms with E-state index in [1.54, 1.807) is 6.92 Å². The van der Waals surface area contributed by atoms with Crippen LogP contribution in [0.4, 0.5) is 0 Å². The first-order valence-corrected chi connectivity index (χ1v) is 5.96. The van der Waals surface area contributed by atoms with Crippen LogP contribution in [0.25, 0.3) is 0 Å². The molecule has 2 unspecified atom stereocenters. The first-order valence-electron chi connectivity index (χ1n) is 5.02. The number of hydrogen-bond acceptors (Lipinski definition) is 3. The van der Waals surface area contributed by atoms with Crippen LogP contribution in [0, 0.1) is 6.92 Å². The maximum absolute atomic E-state index is 11.7. The first-order chi connectivity index (χ1) is 7.00. The van der Waals surface area contributed by atoms with Crippen molar-refractivity contribution in [1.29, 1.82) is 0 Å². The third-order valence-electron chi connectivity index (χ3n) is 2.17. The Morgan fingerprint density at radius 2 is 2.20 bits per heavy atom. The molecular formula is C11H17NO2S. The van der Waals surface area contributed by atoms with Gasteiger partial charge >= 0.3 is 0 Å². The van der Waals surface area contributed by atoms with Gasteiger partial charge < -0.3 is 10.4 Å². The molecule has 1 aromatic heterocycles. The van der Waals surface area contributed by atoms with Gasteiger partial charge in [0.15, 0.2) is 0 Å². The third-order valence-corrected chi connectivity index (χ3v) is 3.03. The molecule has 0 saturated heterocycles. The number of thiophene rings is 1. The van der Waals surface area contributed by atoms with Gasteiger partial charge in [-0.2, -0.15) is 11.3 Å². The predicted molar refractivity (Wildman–Crippen MR) is 62.3 cm³/mol. The van der Waals surface area contributed by atoms with Crippen LogP contribution in [-0.4, -0.2) is 23.2 Å². The highest BCUT2D eigenvalue weighted by Gasteiger charge is 2.13. The van der Waals surface area contributed by atoms with Crippen molar-refractivity contribution in [2.45, 2.75) is 39.3 Å². The highest BCUT2D eigenvalue weighted by atomic mass is 32.1. The zero-order chi connectivity index (χ0) is 11.4. The van der Waals surface area contributed by atoms with E-state index in [1.165, 1.54) is 11.3 Å². The van der Waals surface area contributed by atoms with E-state index in [0.29, 0.717) is 6.42 Å². The van der Waals surface area contributed by atoms with Crippen molar-refractivity contribution >= 4 is 17.2 Å². The van der Waals surface area contributed by atoms with Crippen molar-refractivity contribution in [1.82, 2.24) is 5.32 Å². The van der Waals surface area contributed by atoms with E-state index in [2.05, 4.69) is 5.32 Å². The number of amides is 1. The van der Waals surface area contributed by atoms with Gasteiger partial charge in [0.1, 0.15) is 0 Å². The maximum Gasteiger partial charge on any atom is 0.252 e. The van der Waals surface area contributed by atoms with Gasteiger partial charge in [0.2, 0.25) is 0 Å². The summed E-state index contributed by atoms with van der Waals surface area (Å²) >= 11 is 1.53. The molecule has 0 aliphatic carbocycles. The third kappa shape index (κ3) is 3.64. The van der Waals surface area contributed by atoms with Crippen molar-refractivity contribution in [2.24, 2.45) is 0 Å². The Bertz CT molecular complexity index is 333. The van der Waals surface area contributed by atoms with Crippen LogP contribution < -0.4 is 5.32 Å². The minimum absolute atomic E-state index is 0.00296. The Labute approximate surface area is 94.1 Å². The second kappa shape index (κ2) is 5.28. The fourth-order valence-electron chi connectivity index (χ4n) is 1.47. The van der Waals surface area contributed by atoms with Gasteiger partial charge in [0.05, 0.1) is 11.7 Å². The molecule has 4 heteroatoms. The van der Waals surface area contributed by atoms with Crippen molar-refractivity contribution in [3.8, 4) is 0 Å². The summed E-state index contributed by atoms with van der Waals surface area (Å²) in [5.41, 5.74) is 1.74. The molecule has 1 heterocycles. The van der Waals surface area contributed by atoms with E-state index in [9.17, 15) is 9.90 Å². The molecule has 2 N–H and O–H groups in total. The molecular weight excluding hydrogens is 210 g/mol. The van der Waals surface area contributed by atoms with Gasteiger partial charge in [-0.3, -0.25) is 4.79 Å². The predicted octanol–water partition coefficient (Wildman–Crippen LogP) is 1.95. The van der Waals surface area contributed by atoms with Crippen molar-refractivity contribution in [2.75, 3.05) is 0 Å². The number of aryl methyl sites for hydroxylation is 1. The Morgan fingerprint density at radius 3 is 2.67 bits per heavy atom. The number of carbonyl (C=O) groups is 1. The van der Waals surface area contributed by atoms with Gasteiger partial charge in [0.25, 0.3) is 5.91 Å². The molecule has 0 aliphatic rings. The number of rotatable bonds is 4. The average molecular weight is 227 g/mol. The smallest absolute Gasteiger partial charge is 0.252 e. The SMILES string of the molecule is Cc1cscc1C(=O)NC(C)CC(C)O. The molecule has 2 atom stereocenters. The largest absolute Gasteiger partial charge is 0.393 e.